The van der Waals surface area contributed by atoms with Gasteiger partial charge in [0.1, 0.15) is 5.76 Å². The number of carbonyl (C=O) groups is 1. The zero-order valence-corrected chi connectivity index (χ0v) is 10.2. The summed E-state index contributed by atoms with van der Waals surface area (Å²) in [6.07, 6.45) is 8.59. The summed E-state index contributed by atoms with van der Waals surface area (Å²) >= 11 is 0. The van der Waals surface area contributed by atoms with Gasteiger partial charge in [0.2, 0.25) is 0 Å². The van der Waals surface area contributed by atoms with E-state index in [1.165, 1.54) is 6.42 Å². The molecule has 0 aliphatic heterocycles. The topological polar surface area (TPSA) is 35.5 Å². The molecule has 16 heavy (non-hydrogen) atoms. The predicted octanol–water partition coefficient (Wildman–Crippen LogP) is 3.19. The molecular weight excluding hydrogens is 204 g/mol. The van der Waals surface area contributed by atoms with E-state index in [1.54, 1.807) is 0 Å². The summed E-state index contributed by atoms with van der Waals surface area (Å²) in [5.74, 6) is 0.749. The van der Waals surface area contributed by atoms with Crippen molar-refractivity contribution in [3.05, 3.63) is 11.8 Å². The highest BCUT2D eigenvalue weighted by molar-refractivity contribution is 5.70. The Balaban J connectivity index is 2.04. The van der Waals surface area contributed by atoms with Gasteiger partial charge in [-0.2, -0.15) is 0 Å². The summed E-state index contributed by atoms with van der Waals surface area (Å²) in [5, 5.41) is 0. The first-order valence-electron chi connectivity index (χ1n) is 6.30. The second-order valence-electron chi connectivity index (χ2n) is 4.11. The molecule has 0 atom stereocenters. The van der Waals surface area contributed by atoms with Crippen LogP contribution in [0.15, 0.2) is 11.8 Å². The molecule has 92 valence electrons. The number of esters is 1. The van der Waals surface area contributed by atoms with Crippen molar-refractivity contribution in [3.8, 4) is 0 Å². The Kier molecular flexibility index (Phi) is 6.90. The third-order valence-electron chi connectivity index (χ3n) is 2.51. The molecule has 1 rings (SSSR count). The van der Waals surface area contributed by atoms with Crippen LogP contribution in [0.1, 0.15) is 51.9 Å². The lowest BCUT2D eigenvalue weighted by atomic mass is 10.1. The van der Waals surface area contributed by atoms with Gasteiger partial charge in [-0.25, -0.2) is 0 Å². The molecule has 0 saturated carbocycles. The molecule has 3 heteroatoms. The highest BCUT2D eigenvalue weighted by Crippen LogP contribution is 2.18. The summed E-state index contributed by atoms with van der Waals surface area (Å²) < 4.78 is 10.6. The van der Waals surface area contributed by atoms with Gasteiger partial charge in [0.15, 0.2) is 0 Å². The maximum atomic E-state index is 11.4. The predicted molar refractivity (Wildman–Crippen MR) is 63.0 cm³/mol. The van der Waals surface area contributed by atoms with Crippen molar-refractivity contribution < 1.29 is 14.3 Å². The summed E-state index contributed by atoms with van der Waals surface area (Å²) in [6, 6.07) is 0. The first-order valence-corrected chi connectivity index (χ1v) is 6.30. The van der Waals surface area contributed by atoms with Crippen LogP contribution < -0.4 is 0 Å². The minimum atomic E-state index is -0.117. The molecule has 0 radical (unpaired) electrons. The molecule has 0 saturated heterocycles. The zero-order valence-electron chi connectivity index (χ0n) is 10.2. The molecule has 0 aromatic rings. The summed E-state index contributed by atoms with van der Waals surface area (Å²) in [7, 11) is 0. The molecular formula is C13H22O3. The van der Waals surface area contributed by atoms with Crippen LogP contribution in [0.2, 0.25) is 0 Å². The van der Waals surface area contributed by atoms with Crippen molar-refractivity contribution in [2.75, 3.05) is 13.2 Å². The first kappa shape index (κ1) is 13.2. The third kappa shape index (κ3) is 5.91. The summed E-state index contributed by atoms with van der Waals surface area (Å²) in [5.41, 5.74) is 0. The quantitative estimate of drug-likeness (QED) is 0.494. The fourth-order valence-electron chi connectivity index (χ4n) is 1.66. The Labute approximate surface area is 97.8 Å². The molecule has 1 aliphatic carbocycles. The Morgan fingerprint density at radius 2 is 2.25 bits per heavy atom. The average Bonchev–Trinajstić information content (AvgIpc) is 2.30. The average molecular weight is 226 g/mol. The third-order valence-corrected chi connectivity index (χ3v) is 2.51. The van der Waals surface area contributed by atoms with Gasteiger partial charge in [-0.1, -0.05) is 6.92 Å². The second kappa shape index (κ2) is 8.34. The first-order chi connectivity index (χ1) is 7.83. The van der Waals surface area contributed by atoms with Crippen LogP contribution in [0, 0.1) is 0 Å². The Morgan fingerprint density at radius 1 is 1.38 bits per heavy atom. The molecule has 0 spiro atoms. The summed E-state index contributed by atoms with van der Waals surface area (Å²) in [4.78, 5) is 11.4. The van der Waals surface area contributed by atoms with E-state index in [0.717, 1.165) is 44.5 Å². The number of allylic oxidation sites excluding steroid dienone is 2. The van der Waals surface area contributed by atoms with E-state index in [1.807, 2.05) is 6.08 Å². The minimum Gasteiger partial charge on any atom is -0.431 e. The van der Waals surface area contributed by atoms with Crippen LogP contribution in [0.3, 0.4) is 0 Å². The number of ether oxygens (including phenoxy) is 2. The fourth-order valence-corrected chi connectivity index (χ4v) is 1.66. The van der Waals surface area contributed by atoms with Crippen LogP contribution in [0.5, 0.6) is 0 Å². The van der Waals surface area contributed by atoms with Gasteiger partial charge in [-0.05, 0) is 38.2 Å². The van der Waals surface area contributed by atoms with Gasteiger partial charge in [0, 0.05) is 26.1 Å². The second-order valence-corrected chi connectivity index (χ2v) is 4.11. The van der Waals surface area contributed by atoms with Gasteiger partial charge in [-0.3, -0.25) is 4.79 Å². The van der Waals surface area contributed by atoms with Gasteiger partial charge >= 0.3 is 5.97 Å². The molecule has 0 bridgehead atoms. The SMILES string of the molecule is CCCOCCCC(=O)OC1=CCCCC1. The monoisotopic (exact) mass is 226 g/mol. The van der Waals surface area contributed by atoms with Crippen molar-refractivity contribution in [1.82, 2.24) is 0 Å². The van der Waals surface area contributed by atoms with E-state index < -0.39 is 0 Å². The lowest BCUT2D eigenvalue weighted by Gasteiger charge is -2.12. The highest BCUT2D eigenvalue weighted by Gasteiger charge is 2.09. The lowest BCUT2D eigenvalue weighted by Crippen LogP contribution is -2.08. The molecule has 0 aromatic carbocycles. The standard InChI is InChI=1S/C13H22O3/c1-2-10-15-11-6-9-13(14)16-12-7-4-3-5-8-12/h7H,2-6,8-11H2,1H3. The largest absolute Gasteiger partial charge is 0.431 e. The number of hydrogen-bond acceptors (Lipinski definition) is 3. The van der Waals surface area contributed by atoms with E-state index >= 15 is 0 Å². The maximum Gasteiger partial charge on any atom is 0.310 e. The van der Waals surface area contributed by atoms with Crippen LogP contribution in [-0.2, 0) is 14.3 Å². The van der Waals surface area contributed by atoms with E-state index in [9.17, 15) is 4.79 Å². The molecule has 3 nitrogen and oxygen atoms in total. The molecule has 0 N–H and O–H groups in total. The maximum absolute atomic E-state index is 11.4. The Hall–Kier alpha value is -0.830. The van der Waals surface area contributed by atoms with Crippen LogP contribution in [0.4, 0.5) is 0 Å². The van der Waals surface area contributed by atoms with Gasteiger partial charge < -0.3 is 9.47 Å². The van der Waals surface area contributed by atoms with Gasteiger partial charge in [0.05, 0.1) is 0 Å². The lowest BCUT2D eigenvalue weighted by molar-refractivity contribution is -0.140. The van der Waals surface area contributed by atoms with Crippen molar-refractivity contribution in [2.45, 2.75) is 51.9 Å². The fraction of sp³-hybridized carbons (Fsp3) is 0.769. The van der Waals surface area contributed by atoms with Crippen molar-refractivity contribution in [1.29, 1.82) is 0 Å². The van der Waals surface area contributed by atoms with Crippen molar-refractivity contribution in [2.24, 2.45) is 0 Å². The molecule has 0 aromatic heterocycles. The Morgan fingerprint density at radius 3 is 2.94 bits per heavy atom. The van der Waals surface area contributed by atoms with Crippen LogP contribution >= 0.6 is 0 Å². The number of hydrogen-bond donors (Lipinski definition) is 0. The van der Waals surface area contributed by atoms with E-state index in [2.05, 4.69) is 6.92 Å². The molecule has 0 heterocycles. The Bertz CT molecular complexity index is 233. The zero-order chi connectivity index (χ0) is 11.6. The van der Waals surface area contributed by atoms with Crippen molar-refractivity contribution in [3.63, 3.8) is 0 Å². The molecule has 0 unspecified atom stereocenters. The molecule has 0 amide bonds. The summed E-state index contributed by atoms with van der Waals surface area (Å²) in [6.45, 7) is 3.51. The van der Waals surface area contributed by atoms with E-state index in [4.69, 9.17) is 9.47 Å². The number of carbonyl (C=O) groups excluding carboxylic acids is 1. The molecule has 1 aliphatic rings. The van der Waals surface area contributed by atoms with Crippen LogP contribution in [-0.4, -0.2) is 19.2 Å². The van der Waals surface area contributed by atoms with E-state index in [0.29, 0.717) is 13.0 Å². The van der Waals surface area contributed by atoms with Gasteiger partial charge in [-0.15, -0.1) is 0 Å². The normalized spacial score (nSPS) is 15.7. The molecule has 0 fully saturated rings. The van der Waals surface area contributed by atoms with Crippen LogP contribution in [0.25, 0.3) is 0 Å². The van der Waals surface area contributed by atoms with E-state index in [-0.39, 0.29) is 5.97 Å². The number of rotatable bonds is 7. The highest BCUT2D eigenvalue weighted by atomic mass is 16.5. The smallest absolute Gasteiger partial charge is 0.310 e. The van der Waals surface area contributed by atoms with Crippen molar-refractivity contribution >= 4 is 5.97 Å². The van der Waals surface area contributed by atoms with Gasteiger partial charge in [0.25, 0.3) is 0 Å². The minimum absolute atomic E-state index is 0.117.